The summed E-state index contributed by atoms with van der Waals surface area (Å²) in [6.07, 6.45) is 2.83. The Hall–Kier alpha value is -1.11. The lowest BCUT2D eigenvalue weighted by atomic mass is 10.0. The van der Waals surface area contributed by atoms with Crippen molar-refractivity contribution in [2.45, 2.75) is 31.5 Å². The van der Waals surface area contributed by atoms with E-state index < -0.39 is 0 Å². The number of carbonyl (C=O) groups excluding carboxylic acids is 1. The predicted molar refractivity (Wildman–Crippen MR) is 65.8 cm³/mol. The first-order chi connectivity index (χ1) is 8.28. The number of nitrogen functional groups attached to an aromatic ring is 1. The van der Waals surface area contributed by atoms with Crippen LogP contribution in [0.15, 0.2) is 5.38 Å². The van der Waals surface area contributed by atoms with Gasteiger partial charge in [0.25, 0.3) is 0 Å². The monoisotopic (exact) mass is 253 g/mol. The SMILES string of the molecule is Nc1scc2c1CN([C@@H]1CCC(C=O)NC1)O2. The molecule has 0 spiro atoms. The fourth-order valence-corrected chi connectivity index (χ4v) is 3.08. The van der Waals surface area contributed by atoms with Crippen LogP contribution in [0.25, 0.3) is 0 Å². The molecule has 1 aromatic rings. The van der Waals surface area contributed by atoms with Crippen LogP contribution in [0.3, 0.4) is 0 Å². The molecular weight excluding hydrogens is 238 g/mol. The van der Waals surface area contributed by atoms with Gasteiger partial charge in [0, 0.05) is 17.5 Å². The first-order valence-corrected chi connectivity index (χ1v) is 6.65. The van der Waals surface area contributed by atoms with Crippen LogP contribution >= 0.6 is 11.3 Å². The van der Waals surface area contributed by atoms with Gasteiger partial charge in [0.15, 0.2) is 5.75 Å². The molecule has 5 nitrogen and oxygen atoms in total. The van der Waals surface area contributed by atoms with E-state index >= 15 is 0 Å². The maximum absolute atomic E-state index is 10.6. The first-order valence-electron chi connectivity index (χ1n) is 5.77. The van der Waals surface area contributed by atoms with Crippen LogP contribution in [-0.2, 0) is 11.3 Å². The van der Waals surface area contributed by atoms with E-state index in [0.717, 1.165) is 48.5 Å². The average Bonchev–Trinajstić information content (AvgIpc) is 2.92. The van der Waals surface area contributed by atoms with Crippen LogP contribution < -0.4 is 15.9 Å². The van der Waals surface area contributed by atoms with Crippen molar-refractivity contribution in [1.29, 1.82) is 0 Å². The first kappa shape index (κ1) is 11.0. The summed E-state index contributed by atoms with van der Waals surface area (Å²) in [6, 6.07) is 0.329. The fraction of sp³-hybridized carbons (Fsp3) is 0.545. The Morgan fingerprint density at radius 2 is 2.47 bits per heavy atom. The second-order valence-corrected chi connectivity index (χ2v) is 5.40. The number of hydrogen-bond donors (Lipinski definition) is 2. The molecule has 2 aliphatic heterocycles. The molecule has 0 amide bonds. The van der Waals surface area contributed by atoms with Crippen LogP contribution in [0.4, 0.5) is 5.00 Å². The fourth-order valence-electron chi connectivity index (χ4n) is 2.36. The minimum absolute atomic E-state index is 0.00686. The summed E-state index contributed by atoms with van der Waals surface area (Å²) in [6.45, 7) is 1.54. The Morgan fingerprint density at radius 3 is 3.12 bits per heavy atom. The van der Waals surface area contributed by atoms with Crippen LogP contribution in [0.5, 0.6) is 5.75 Å². The molecule has 1 fully saturated rings. The quantitative estimate of drug-likeness (QED) is 0.762. The minimum Gasteiger partial charge on any atom is -0.404 e. The molecule has 0 aromatic carbocycles. The highest BCUT2D eigenvalue weighted by molar-refractivity contribution is 7.14. The summed E-state index contributed by atoms with van der Waals surface area (Å²) in [5.41, 5.74) is 6.98. The van der Waals surface area contributed by atoms with Crippen molar-refractivity contribution >= 4 is 22.6 Å². The number of hydrogen-bond acceptors (Lipinski definition) is 6. The summed E-state index contributed by atoms with van der Waals surface area (Å²) in [4.78, 5) is 16.4. The van der Waals surface area contributed by atoms with Crippen molar-refractivity contribution in [2.24, 2.45) is 0 Å². The van der Waals surface area contributed by atoms with Gasteiger partial charge in [-0.3, -0.25) is 0 Å². The Kier molecular flexibility index (Phi) is 2.78. The Bertz CT molecular complexity index is 426. The molecule has 0 bridgehead atoms. The lowest BCUT2D eigenvalue weighted by molar-refractivity contribution is -0.113. The molecule has 0 radical (unpaired) electrons. The van der Waals surface area contributed by atoms with Crippen molar-refractivity contribution in [3.63, 3.8) is 0 Å². The minimum atomic E-state index is 0.00686. The molecule has 1 saturated heterocycles. The highest BCUT2D eigenvalue weighted by Crippen LogP contribution is 2.39. The van der Waals surface area contributed by atoms with E-state index in [-0.39, 0.29) is 6.04 Å². The number of nitrogens with zero attached hydrogens (tertiary/aromatic N) is 1. The molecule has 3 N–H and O–H groups in total. The average molecular weight is 253 g/mol. The highest BCUT2D eigenvalue weighted by Gasteiger charge is 2.32. The molecular formula is C11H15N3O2S. The zero-order chi connectivity index (χ0) is 11.8. The Labute approximate surface area is 103 Å². The molecule has 1 unspecified atom stereocenters. The third kappa shape index (κ3) is 1.92. The number of rotatable bonds is 2. The zero-order valence-electron chi connectivity index (χ0n) is 9.39. The topological polar surface area (TPSA) is 67.6 Å². The van der Waals surface area contributed by atoms with E-state index in [4.69, 9.17) is 10.6 Å². The van der Waals surface area contributed by atoms with Crippen LogP contribution in [-0.4, -0.2) is 30.0 Å². The molecule has 17 heavy (non-hydrogen) atoms. The molecule has 3 heterocycles. The van der Waals surface area contributed by atoms with E-state index in [1.54, 1.807) is 0 Å². The van der Waals surface area contributed by atoms with E-state index in [1.165, 1.54) is 11.3 Å². The lowest BCUT2D eigenvalue weighted by Gasteiger charge is -2.32. The van der Waals surface area contributed by atoms with Gasteiger partial charge in [-0.05, 0) is 12.8 Å². The smallest absolute Gasteiger partial charge is 0.164 e. The van der Waals surface area contributed by atoms with Crippen molar-refractivity contribution in [3.8, 4) is 5.75 Å². The molecule has 2 aliphatic rings. The second-order valence-electron chi connectivity index (χ2n) is 4.49. The summed E-state index contributed by atoms with van der Waals surface area (Å²) >= 11 is 1.52. The van der Waals surface area contributed by atoms with Crippen molar-refractivity contribution in [1.82, 2.24) is 10.4 Å². The normalized spacial score (nSPS) is 28.7. The number of carbonyl (C=O) groups is 1. The third-order valence-corrected chi connectivity index (χ3v) is 4.25. The van der Waals surface area contributed by atoms with Gasteiger partial charge >= 0.3 is 0 Å². The molecule has 2 atom stereocenters. The van der Waals surface area contributed by atoms with Gasteiger partial charge in [-0.25, -0.2) is 0 Å². The summed E-state index contributed by atoms with van der Waals surface area (Å²) < 4.78 is 0. The van der Waals surface area contributed by atoms with Crippen molar-refractivity contribution < 1.29 is 9.63 Å². The number of nitrogens with two attached hydrogens (primary N) is 1. The van der Waals surface area contributed by atoms with Crippen LogP contribution in [0.1, 0.15) is 18.4 Å². The molecule has 92 valence electrons. The summed E-state index contributed by atoms with van der Waals surface area (Å²) in [7, 11) is 0. The molecule has 3 rings (SSSR count). The number of fused-ring (bicyclic) bond motifs is 1. The maximum atomic E-state index is 10.6. The summed E-state index contributed by atoms with van der Waals surface area (Å²) in [5.74, 6) is 0.894. The molecule has 6 heteroatoms. The molecule has 0 aliphatic carbocycles. The number of aldehydes is 1. The van der Waals surface area contributed by atoms with Crippen molar-refractivity contribution in [3.05, 3.63) is 10.9 Å². The number of hydroxylamine groups is 2. The Morgan fingerprint density at radius 1 is 1.59 bits per heavy atom. The Balaban J connectivity index is 1.63. The van der Waals surface area contributed by atoms with Gasteiger partial charge in [0.2, 0.25) is 0 Å². The van der Waals surface area contributed by atoms with Gasteiger partial charge < -0.3 is 20.7 Å². The highest BCUT2D eigenvalue weighted by atomic mass is 32.1. The van der Waals surface area contributed by atoms with E-state index in [2.05, 4.69) is 5.32 Å². The van der Waals surface area contributed by atoms with E-state index in [0.29, 0.717) is 6.04 Å². The van der Waals surface area contributed by atoms with E-state index in [9.17, 15) is 4.79 Å². The van der Waals surface area contributed by atoms with Gasteiger partial charge in [0.1, 0.15) is 6.29 Å². The standard InChI is InChI=1S/C11H15N3O2S/c12-11-9-4-14(16-10(9)6-17-11)8-2-1-7(5-15)13-3-8/h5-8,13H,1-4,12H2/t7?,8-/m1/s1. The van der Waals surface area contributed by atoms with Crippen LogP contribution in [0.2, 0.25) is 0 Å². The number of anilines is 1. The maximum Gasteiger partial charge on any atom is 0.164 e. The number of nitrogens with one attached hydrogen (secondary N) is 1. The zero-order valence-corrected chi connectivity index (χ0v) is 10.2. The van der Waals surface area contributed by atoms with Gasteiger partial charge in [0.05, 0.1) is 23.6 Å². The third-order valence-electron chi connectivity index (χ3n) is 3.42. The molecule has 0 saturated carbocycles. The number of thiophene rings is 1. The van der Waals surface area contributed by atoms with E-state index in [1.807, 2.05) is 10.4 Å². The van der Waals surface area contributed by atoms with Crippen LogP contribution in [0, 0.1) is 0 Å². The summed E-state index contributed by atoms with van der Waals surface area (Å²) in [5, 5.41) is 7.98. The van der Waals surface area contributed by atoms with Gasteiger partial charge in [-0.15, -0.1) is 16.4 Å². The van der Waals surface area contributed by atoms with Gasteiger partial charge in [-0.2, -0.15) is 0 Å². The number of piperidine rings is 1. The van der Waals surface area contributed by atoms with Gasteiger partial charge in [-0.1, -0.05) is 0 Å². The predicted octanol–water partition coefficient (Wildman–Crippen LogP) is 0.759. The lowest BCUT2D eigenvalue weighted by Crippen LogP contribution is -2.49. The second kappa shape index (κ2) is 4.29. The largest absolute Gasteiger partial charge is 0.404 e. The van der Waals surface area contributed by atoms with Crippen molar-refractivity contribution in [2.75, 3.05) is 12.3 Å². The molecule has 1 aromatic heterocycles.